The normalized spacial score (nSPS) is 10.2. The van der Waals surface area contributed by atoms with Crippen LogP contribution in [0.4, 0.5) is 5.69 Å². The molecule has 1 aromatic carbocycles. The van der Waals surface area contributed by atoms with Crippen molar-refractivity contribution in [2.45, 2.75) is 13.8 Å². The topological polar surface area (TPSA) is 55.4 Å². The van der Waals surface area contributed by atoms with Gasteiger partial charge in [0.25, 0.3) is 5.91 Å². The van der Waals surface area contributed by atoms with Crippen LogP contribution in [0.2, 0.25) is 0 Å². The second-order valence-corrected chi connectivity index (χ2v) is 6.31. The van der Waals surface area contributed by atoms with Crippen molar-refractivity contribution in [3.8, 4) is 0 Å². The number of esters is 1. The van der Waals surface area contributed by atoms with Crippen molar-refractivity contribution in [3.05, 3.63) is 50.1 Å². The van der Waals surface area contributed by atoms with Gasteiger partial charge in [-0.3, -0.25) is 4.79 Å². The van der Waals surface area contributed by atoms with Gasteiger partial charge in [-0.1, -0.05) is 6.07 Å². The molecule has 0 atom stereocenters. The Bertz CT molecular complexity index is 681. The molecule has 0 saturated carbocycles. The summed E-state index contributed by atoms with van der Waals surface area (Å²) in [6.45, 7) is 3.48. The highest BCUT2D eigenvalue weighted by atomic mass is 79.9. The fourth-order valence-corrected chi connectivity index (χ4v) is 3.10. The summed E-state index contributed by atoms with van der Waals surface area (Å²) in [7, 11) is 0. The highest BCUT2D eigenvalue weighted by Gasteiger charge is 2.14. The van der Waals surface area contributed by atoms with Crippen LogP contribution >= 0.6 is 27.3 Å². The van der Waals surface area contributed by atoms with Crippen molar-refractivity contribution in [2.75, 3.05) is 11.9 Å². The maximum absolute atomic E-state index is 11.8. The number of hydrogen-bond donors (Lipinski definition) is 1. The van der Waals surface area contributed by atoms with Crippen molar-refractivity contribution >= 4 is 44.8 Å². The largest absolute Gasteiger partial charge is 0.451 e. The minimum Gasteiger partial charge on any atom is -0.451 e. The Morgan fingerprint density at radius 1 is 1.29 bits per heavy atom. The number of rotatable bonds is 4. The Morgan fingerprint density at radius 3 is 2.67 bits per heavy atom. The van der Waals surface area contributed by atoms with Gasteiger partial charge in [0.1, 0.15) is 4.88 Å². The molecule has 1 N–H and O–H groups in total. The summed E-state index contributed by atoms with van der Waals surface area (Å²) < 4.78 is 5.80. The van der Waals surface area contributed by atoms with E-state index in [0.29, 0.717) is 10.6 Å². The second-order valence-electron chi connectivity index (χ2n) is 4.54. The molecule has 0 unspecified atom stereocenters. The van der Waals surface area contributed by atoms with E-state index in [2.05, 4.69) is 21.2 Å². The lowest BCUT2D eigenvalue weighted by atomic mass is 10.2. The molecule has 0 aliphatic carbocycles. The first kappa shape index (κ1) is 15.7. The molecule has 0 fully saturated rings. The quantitative estimate of drug-likeness (QED) is 0.833. The number of aryl methyl sites for hydroxylation is 2. The average molecular weight is 368 g/mol. The number of amides is 1. The van der Waals surface area contributed by atoms with E-state index < -0.39 is 5.97 Å². The molecule has 0 aliphatic rings. The van der Waals surface area contributed by atoms with Crippen molar-refractivity contribution in [1.29, 1.82) is 0 Å². The van der Waals surface area contributed by atoms with Crippen LogP contribution in [0.25, 0.3) is 0 Å². The molecule has 0 spiro atoms. The van der Waals surface area contributed by atoms with Crippen LogP contribution in [-0.4, -0.2) is 18.5 Å². The fraction of sp³-hybridized carbons (Fsp3) is 0.200. The molecule has 6 heteroatoms. The molecule has 0 bridgehead atoms. The SMILES string of the molecule is Cc1ccc(NC(=O)COC(=O)c2sccc2C)c(Br)c1. The van der Waals surface area contributed by atoms with E-state index in [1.54, 1.807) is 6.07 Å². The number of ether oxygens (including phenoxy) is 1. The molecule has 2 rings (SSSR count). The van der Waals surface area contributed by atoms with Gasteiger partial charge in [-0.15, -0.1) is 11.3 Å². The van der Waals surface area contributed by atoms with Crippen molar-refractivity contribution in [3.63, 3.8) is 0 Å². The first-order valence-electron chi connectivity index (χ1n) is 6.24. The van der Waals surface area contributed by atoms with Crippen LogP contribution in [-0.2, 0) is 9.53 Å². The van der Waals surface area contributed by atoms with Gasteiger partial charge >= 0.3 is 5.97 Å². The molecule has 0 aliphatic heterocycles. The summed E-state index contributed by atoms with van der Waals surface area (Å²) in [6, 6.07) is 7.42. The molecule has 1 amide bonds. The number of nitrogens with one attached hydrogen (secondary N) is 1. The lowest BCUT2D eigenvalue weighted by Gasteiger charge is -2.08. The second kappa shape index (κ2) is 6.87. The summed E-state index contributed by atoms with van der Waals surface area (Å²) in [4.78, 5) is 24.1. The zero-order valence-electron chi connectivity index (χ0n) is 11.6. The van der Waals surface area contributed by atoms with Crippen molar-refractivity contribution < 1.29 is 14.3 Å². The Balaban J connectivity index is 1.90. The first-order valence-corrected chi connectivity index (χ1v) is 7.92. The minimum atomic E-state index is -0.472. The smallest absolute Gasteiger partial charge is 0.349 e. The van der Waals surface area contributed by atoms with Crippen LogP contribution < -0.4 is 5.32 Å². The number of thiophene rings is 1. The summed E-state index contributed by atoms with van der Waals surface area (Å²) in [5, 5.41) is 4.51. The van der Waals surface area contributed by atoms with Gasteiger partial charge in [0.2, 0.25) is 0 Å². The zero-order valence-corrected chi connectivity index (χ0v) is 14.0. The highest BCUT2D eigenvalue weighted by Crippen LogP contribution is 2.23. The molecule has 0 saturated heterocycles. The van der Waals surface area contributed by atoms with Crippen molar-refractivity contribution in [1.82, 2.24) is 0 Å². The predicted molar refractivity (Wildman–Crippen MR) is 86.8 cm³/mol. The van der Waals surface area contributed by atoms with Gasteiger partial charge in [0.15, 0.2) is 6.61 Å². The molecular weight excluding hydrogens is 354 g/mol. The van der Waals surface area contributed by atoms with E-state index in [1.807, 2.05) is 37.4 Å². The van der Waals surface area contributed by atoms with Crippen LogP contribution in [0.15, 0.2) is 34.1 Å². The van der Waals surface area contributed by atoms with Gasteiger partial charge in [-0.05, 0) is 64.5 Å². The number of anilines is 1. The lowest BCUT2D eigenvalue weighted by molar-refractivity contribution is -0.119. The maximum atomic E-state index is 11.8. The molecule has 2 aromatic rings. The summed E-state index contributed by atoms with van der Waals surface area (Å²) in [6.07, 6.45) is 0. The highest BCUT2D eigenvalue weighted by molar-refractivity contribution is 9.10. The maximum Gasteiger partial charge on any atom is 0.349 e. The molecule has 1 aromatic heterocycles. The van der Waals surface area contributed by atoms with E-state index in [-0.39, 0.29) is 12.5 Å². The molecule has 110 valence electrons. The average Bonchev–Trinajstić information content (AvgIpc) is 2.85. The number of carbonyl (C=O) groups excluding carboxylic acids is 2. The van der Waals surface area contributed by atoms with Crippen LogP contribution in [0.3, 0.4) is 0 Å². The Morgan fingerprint density at radius 2 is 2.05 bits per heavy atom. The molecule has 4 nitrogen and oxygen atoms in total. The van der Waals surface area contributed by atoms with Crippen LogP contribution in [0.5, 0.6) is 0 Å². The van der Waals surface area contributed by atoms with E-state index in [0.717, 1.165) is 15.6 Å². The molecular formula is C15H14BrNO3S. The van der Waals surface area contributed by atoms with Gasteiger partial charge in [0, 0.05) is 4.47 Å². The molecule has 21 heavy (non-hydrogen) atoms. The number of halogens is 1. The third kappa shape index (κ3) is 4.15. The third-order valence-electron chi connectivity index (χ3n) is 2.78. The summed E-state index contributed by atoms with van der Waals surface area (Å²) in [5.74, 6) is -0.845. The predicted octanol–water partition coefficient (Wildman–Crippen LogP) is 3.92. The summed E-state index contributed by atoms with van der Waals surface area (Å²) in [5.41, 5.74) is 2.58. The third-order valence-corrected chi connectivity index (χ3v) is 4.43. The van der Waals surface area contributed by atoms with Gasteiger partial charge in [0.05, 0.1) is 5.69 Å². The zero-order chi connectivity index (χ0) is 15.4. The van der Waals surface area contributed by atoms with E-state index in [9.17, 15) is 9.59 Å². The number of hydrogen-bond acceptors (Lipinski definition) is 4. The summed E-state index contributed by atoms with van der Waals surface area (Å²) >= 11 is 4.68. The minimum absolute atomic E-state index is 0.309. The standard InChI is InChI=1S/C15H14BrNO3S/c1-9-3-4-12(11(16)7-9)17-13(18)8-20-15(19)14-10(2)5-6-21-14/h3-7H,8H2,1-2H3,(H,17,18). The lowest BCUT2D eigenvalue weighted by Crippen LogP contribution is -2.21. The van der Waals surface area contributed by atoms with Gasteiger partial charge < -0.3 is 10.1 Å². The Labute approximate surface area is 135 Å². The fourth-order valence-electron chi connectivity index (χ4n) is 1.69. The van der Waals surface area contributed by atoms with Crippen LogP contribution in [0, 0.1) is 13.8 Å². The monoisotopic (exact) mass is 367 g/mol. The molecule has 0 radical (unpaired) electrons. The van der Waals surface area contributed by atoms with E-state index in [4.69, 9.17) is 4.74 Å². The first-order chi connectivity index (χ1) is 9.97. The van der Waals surface area contributed by atoms with E-state index in [1.165, 1.54) is 11.3 Å². The number of benzene rings is 1. The van der Waals surface area contributed by atoms with E-state index >= 15 is 0 Å². The Hall–Kier alpha value is -1.66. The van der Waals surface area contributed by atoms with Crippen molar-refractivity contribution in [2.24, 2.45) is 0 Å². The van der Waals surface area contributed by atoms with Crippen LogP contribution in [0.1, 0.15) is 20.8 Å². The van der Waals surface area contributed by atoms with Gasteiger partial charge in [-0.25, -0.2) is 4.79 Å². The number of carbonyl (C=O) groups is 2. The molecule has 1 heterocycles. The van der Waals surface area contributed by atoms with Gasteiger partial charge in [-0.2, -0.15) is 0 Å². The Kier molecular flexibility index (Phi) is 5.14.